The zero-order valence-corrected chi connectivity index (χ0v) is 16.1. The quantitative estimate of drug-likeness (QED) is 0.396. The highest BCUT2D eigenvalue weighted by molar-refractivity contribution is 7.80. The number of nitrogens with one attached hydrogen (secondary N) is 1. The van der Waals surface area contributed by atoms with E-state index in [-0.39, 0.29) is 22.0 Å². The van der Waals surface area contributed by atoms with Gasteiger partial charge in [0.05, 0.1) is 11.7 Å². The van der Waals surface area contributed by atoms with Crippen LogP contribution in [0.25, 0.3) is 17.4 Å². The van der Waals surface area contributed by atoms with Crippen LogP contribution >= 0.6 is 12.2 Å². The number of carbonyl (C=O) groups excluding carboxylic acids is 3. The minimum Gasteiger partial charge on any atom is -0.545 e. The van der Waals surface area contributed by atoms with Crippen molar-refractivity contribution in [1.29, 1.82) is 0 Å². The molecule has 7 nitrogen and oxygen atoms in total. The van der Waals surface area contributed by atoms with E-state index in [9.17, 15) is 19.5 Å². The van der Waals surface area contributed by atoms with E-state index in [0.717, 1.165) is 0 Å². The highest BCUT2D eigenvalue weighted by atomic mass is 32.1. The topological polar surface area (TPSA) is 103 Å². The lowest BCUT2D eigenvalue weighted by Gasteiger charge is -2.28. The number of para-hydroxylation sites is 1. The average Bonchev–Trinajstić information content (AvgIpc) is 3.20. The van der Waals surface area contributed by atoms with Crippen molar-refractivity contribution in [1.82, 2.24) is 5.32 Å². The number of anilines is 1. The first-order valence-electron chi connectivity index (χ1n) is 8.82. The number of thiocarbonyl (C=S) groups is 1. The number of carboxylic acid groups (broad SMARTS) is 1. The number of nitrogens with zero attached hydrogens (tertiary/aromatic N) is 1. The van der Waals surface area contributed by atoms with Gasteiger partial charge < -0.3 is 14.3 Å². The fraction of sp³-hybridized carbons (Fsp3) is 0. The van der Waals surface area contributed by atoms with Gasteiger partial charge in [-0.15, -0.1) is 0 Å². The maximum absolute atomic E-state index is 12.9. The molecule has 1 aliphatic heterocycles. The molecule has 0 saturated carbocycles. The van der Waals surface area contributed by atoms with Crippen molar-refractivity contribution >= 4 is 46.9 Å². The molecule has 8 heteroatoms. The average molecular weight is 417 g/mol. The number of aromatic carboxylic acids is 1. The van der Waals surface area contributed by atoms with Gasteiger partial charge in [-0.1, -0.05) is 42.5 Å². The predicted octanol–water partition coefficient (Wildman–Crippen LogP) is 2.14. The summed E-state index contributed by atoms with van der Waals surface area (Å²) < 4.78 is 5.71. The number of carbonyl (C=O) groups is 3. The van der Waals surface area contributed by atoms with E-state index in [0.29, 0.717) is 17.0 Å². The molecule has 148 valence electrons. The van der Waals surface area contributed by atoms with Crippen LogP contribution in [0.15, 0.2) is 76.7 Å². The van der Waals surface area contributed by atoms with E-state index in [1.807, 2.05) is 0 Å². The Morgan fingerprint density at radius 1 is 1.00 bits per heavy atom. The van der Waals surface area contributed by atoms with Crippen LogP contribution in [-0.2, 0) is 9.59 Å². The lowest BCUT2D eigenvalue weighted by Crippen LogP contribution is -2.54. The van der Waals surface area contributed by atoms with Crippen LogP contribution in [0, 0.1) is 0 Å². The predicted molar refractivity (Wildman–Crippen MR) is 111 cm³/mol. The SMILES string of the molecule is O=C1NC(=S)N(c2ccccc2)C(=O)/C1=C/c1ccc(-c2ccc(C(=O)[O-])cc2)o1. The molecule has 2 amide bonds. The summed E-state index contributed by atoms with van der Waals surface area (Å²) in [4.78, 5) is 37.4. The molecule has 0 bridgehead atoms. The van der Waals surface area contributed by atoms with Crippen LogP contribution in [0.2, 0.25) is 0 Å². The van der Waals surface area contributed by atoms with Crippen LogP contribution < -0.4 is 15.3 Å². The molecule has 30 heavy (non-hydrogen) atoms. The second kappa shape index (κ2) is 7.76. The van der Waals surface area contributed by atoms with E-state index in [1.165, 1.54) is 23.1 Å². The molecule has 0 radical (unpaired) electrons. The Bertz CT molecular complexity index is 1200. The molecule has 1 fully saturated rings. The lowest BCUT2D eigenvalue weighted by molar-refractivity contribution is -0.255. The number of hydrogen-bond donors (Lipinski definition) is 1. The van der Waals surface area contributed by atoms with E-state index in [1.54, 1.807) is 54.6 Å². The van der Waals surface area contributed by atoms with Gasteiger partial charge in [-0.2, -0.15) is 0 Å². The van der Waals surface area contributed by atoms with Crippen molar-refractivity contribution < 1.29 is 23.9 Å². The van der Waals surface area contributed by atoms with Gasteiger partial charge in [0.2, 0.25) is 0 Å². The largest absolute Gasteiger partial charge is 0.545 e. The first-order valence-corrected chi connectivity index (χ1v) is 9.23. The van der Waals surface area contributed by atoms with Crippen LogP contribution in [0.5, 0.6) is 0 Å². The zero-order valence-electron chi connectivity index (χ0n) is 15.3. The van der Waals surface area contributed by atoms with Gasteiger partial charge in [0, 0.05) is 5.56 Å². The molecule has 0 unspecified atom stereocenters. The molecule has 2 heterocycles. The number of benzene rings is 2. The summed E-state index contributed by atoms with van der Waals surface area (Å²) in [6.07, 6.45) is 1.34. The Kier molecular flexibility index (Phi) is 4.99. The number of carboxylic acids is 1. The van der Waals surface area contributed by atoms with Gasteiger partial charge in [-0.05, 0) is 48.1 Å². The molecule has 1 aromatic heterocycles. The standard InChI is InChI=1S/C22H14N2O5S/c25-19-17(20(26)24(22(30)23-19)15-4-2-1-3-5-15)12-16-10-11-18(29-16)13-6-8-14(9-7-13)21(27)28/h1-12H,(H,27,28)(H,23,25,30)/p-1/b17-12+. The lowest BCUT2D eigenvalue weighted by atomic mass is 10.1. The normalized spacial score (nSPS) is 15.4. The Labute approximate surface area is 176 Å². The molecule has 1 aliphatic rings. The van der Waals surface area contributed by atoms with Gasteiger partial charge in [0.1, 0.15) is 17.1 Å². The molecule has 0 atom stereocenters. The summed E-state index contributed by atoms with van der Waals surface area (Å²) in [5, 5.41) is 13.4. The summed E-state index contributed by atoms with van der Waals surface area (Å²) in [7, 11) is 0. The van der Waals surface area contributed by atoms with Crippen LogP contribution in [0.1, 0.15) is 16.1 Å². The van der Waals surface area contributed by atoms with Crippen LogP contribution in [0.3, 0.4) is 0 Å². The summed E-state index contributed by atoms with van der Waals surface area (Å²) in [6, 6.07) is 18.0. The summed E-state index contributed by atoms with van der Waals surface area (Å²) >= 11 is 5.15. The summed E-state index contributed by atoms with van der Waals surface area (Å²) in [5.74, 6) is -1.71. The molecule has 1 saturated heterocycles. The van der Waals surface area contributed by atoms with E-state index < -0.39 is 17.8 Å². The minimum atomic E-state index is -1.27. The molecular formula is C22H13N2O5S-. The number of furan rings is 1. The van der Waals surface area contributed by atoms with Crippen molar-refractivity contribution in [3.63, 3.8) is 0 Å². The van der Waals surface area contributed by atoms with Gasteiger partial charge in [-0.3, -0.25) is 19.8 Å². The highest BCUT2D eigenvalue weighted by Gasteiger charge is 2.34. The third-order valence-electron chi connectivity index (χ3n) is 4.43. The van der Waals surface area contributed by atoms with E-state index in [4.69, 9.17) is 16.6 Å². The zero-order chi connectivity index (χ0) is 21.3. The second-order valence-electron chi connectivity index (χ2n) is 6.36. The Hall–Kier alpha value is -4.04. The first-order chi connectivity index (χ1) is 14.4. The number of amides is 2. The van der Waals surface area contributed by atoms with Gasteiger partial charge >= 0.3 is 0 Å². The fourth-order valence-electron chi connectivity index (χ4n) is 2.97. The van der Waals surface area contributed by atoms with Crippen LogP contribution in [0.4, 0.5) is 5.69 Å². The summed E-state index contributed by atoms with van der Waals surface area (Å²) in [6.45, 7) is 0. The molecule has 1 N–H and O–H groups in total. The molecule has 4 rings (SSSR count). The van der Waals surface area contributed by atoms with E-state index >= 15 is 0 Å². The van der Waals surface area contributed by atoms with Crippen molar-refractivity contribution in [2.75, 3.05) is 4.90 Å². The smallest absolute Gasteiger partial charge is 0.270 e. The Morgan fingerprint density at radius 2 is 1.70 bits per heavy atom. The van der Waals surface area contributed by atoms with Gasteiger partial charge in [0.25, 0.3) is 11.8 Å². The van der Waals surface area contributed by atoms with Gasteiger partial charge in [-0.25, -0.2) is 0 Å². The fourth-order valence-corrected chi connectivity index (χ4v) is 3.25. The van der Waals surface area contributed by atoms with Crippen molar-refractivity contribution in [2.24, 2.45) is 0 Å². The third-order valence-corrected chi connectivity index (χ3v) is 4.72. The maximum atomic E-state index is 12.9. The molecule has 0 aliphatic carbocycles. The number of rotatable bonds is 4. The van der Waals surface area contributed by atoms with Crippen molar-refractivity contribution in [2.45, 2.75) is 0 Å². The van der Waals surface area contributed by atoms with Crippen molar-refractivity contribution in [3.05, 3.63) is 83.6 Å². The molecular weight excluding hydrogens is 404 g/mol. The maximum Gasteiger partial charge on any atom is 0.270 e. The molecule has 0 spiro atoms. The van der Waals surface area contributed by atoms with Crippen LogP contribution in [-0.4, -0.2) is 22.9 Å². The summed E-state index contributed by atoms with van der Waals surface area (Å²) in [5.41, 5.74) is 1.09. The number of hydrogen-bond acceptors (Lipinski definition) is 6. The molecule has 2 aromatic carbocycles. The Morgan fingerprint density at radius 3 is 2.37 bits per heavy atom. The first kappa shape index (κ1) is 19.3. The third kappa shape index (κ3) is 3.63. The Balaban J connectivity index is 1.64. The van der Waals surface area contributed by atoms with Gasteiger partial charge in [0.15, 0.2) is 5.11 Å². The highest BCUT2D eigenvalue weighted by Crippen LogP contribution is 2.26. The van der Waals surface area contributed by atoms with E-state index in [2.05, 4.69) is 5.32 Å². The second-order valence-corrected chi connectivity index (χ2v) is 6.75. The monoisotopic (exact) mass is 417 g/mol. The molecule has 3 aromatic rings. The minimum absolute atomic E-state index is 0.00138. The van der Waals surface area contributed by atoms with Crippen molar-refractivity contribution in [3.8, 4) is 11.3 Å².